The van der Waals surface area contributed by atoms with Gasteiger partial charge < -0.3 is 9.94 Å². The third kappa shape index (κ3) is 1.95. The van der Waals surface area contributed by atoms with Gasteiger partial charge in [-0.2, -0.15) is 0 Å². The first-order valence-corrected chi connectivity index (χ1v) is 5.47. The predicted octanol–water partition coefficient (Wildman–Crippen LogP) is 2.52. The summed E-state index contributed by atoms with van der Waals surface area (Å²) in [5, 5.41) is 14.2. The average Bonchev–Trinajstić information content (AvgIpc) is 2.61. The highest BCUT2D eigenvalue weighted by Crippen LogP contribution is 2.33. The minimum absolute atomic E-state index is 0.164. The molecule has 16 heavy (non-hydrogen) atoms. The minimum Gasteiger partial charge on any atom is -0.384 e. The van der Waals surface area contributed by atoms with Crippen molar-refractivity contribution in [1.82, 2.24) is 0 Å². The number of aliphatic hydroxyl groups is 1. The smallest absolute Gasteiger partial charge is 0.183 e. The maximum absolute atomic E-state index is 10.2. The standard InChI is InChI=1S/C13H17NO2/c1-13(2,3)12-10(15)11(16-14-12)9-7-5-4-6-8-9/h4-8,10-11,15H,1-3H3/t10-,11-/m0/s1. The first-order chi connectivity index (χ1) is 7.50. The highest BCUT2D eigenvalue weighted by molar-refractivity contribution is 5.94. The fourth-order valence-electron chi connectivity index (χ4n) is 1.84. The van der Waals surface area contributed by atoms with Gasteiger partial charge in [0.15, 0.2) is 6.10 Å². The van der Waals surface area contributed by atoms with Crippen molar-refractivity contribution in [3.05, 3.63) is 35.9 Å². The molecule has 1 heterocycles. The van der Waals surface area contributed by atoms with Gasteiger partial charge in [0.25, 0.3) is 0 Å². The van der Waals surface area contributed by atoms with E-state index in [9.17, 15) is 5.11 Å². The molecule has 0 fully saturated rings. The molecule has 0 spiro atoms. The van der Waals surface area contributed by atoms with Crippen molar-refractivity contribution in [2.45, 2.75) is 33.0 Å². The van der Waals surface area contributed by atoms with Crippen LogP contribution in [-0.4, -0.2) is 16.9 Å². The molecule has 1 aliphatic heterocycles. The number of rotatable bonds is 1. The second-order valence-corrected chi connectivity index (χ2v) is 5.11. The Labute approximate surface area is 95.7 Å². The van der Waals surface area contributed by atoms with Gasteiger partial charge >= 0.3 is 0 Å². The van der Waals surface area contributed by atoms with Crippen molar-refractivity contribution in [2.24, 2.45) is 10.6 Å². The molecule has 1 N–H and O–H groups in total. The van der Waals surface area contributed by atoms with E-state index < -0.39 is 6.10 Å². The fourth-order valence-corrected chi connectivity index (χ4v) is 1.84. The van der Waals surface area contributed by atoms with E-state index in [-0.39, 0.29) is 11.5 Å². The van der Waals surface area contributed by atoms with Gasteiger partial charge in [-0.3, -0.25) is 0 Å². The molecule has 0 bridgehead atoms. The van der Waals surface area contributed by atoms with E-state index in [1.807, 2.05) is 51.1 Å². The maximum atomic E-state index is 10.2. The highest BCUT2D eigenvalue weighted by atomic mass is 16.7. The third-order valence-electron chi connectivity index (χ3n) is 2.73. The van der Waals surface area contributed by atoms with Crippen LogP contribution in [0, 0.1) is 5.41 Å². The van der Waals surface area contributed by atoms with E-state index in [1.165, 1.54) is 0 Å². The van der Waals surface area contributed by atoms with Crippen molar-refractivity contribution in [3.63, 3.8) is 0 Å². The molecule has 0 saturated carbocycles. The Morgan fingerprint density at radius 3 is 2.31 bits per heavy atom. The SMILES string of the molecule is CC(C)(C)C1=NO[C@@H](c2ccccc2)[C@@H]1O. The van der Waals surface area contributed by atoms with Crippen molar-refractivity contribution < 1.29 is 9.94 Å². The summed E-state index contributed by atoms with van der Waals surface area (Å²) in [7, 11) is 0. The van der Waals surface area contributed by atoms with E-state index in [4.69, 9.17) is 4.84 Å². The quantitative estimate of drug-likeness (QED) is 0.788. The van der Waals surface area contributed by atoms with Crippen LogP contribution in [0.1, 0.15) is 32.4 Å². The van der Waals surface area contributed by atoms with Crippen molar-refractivity contribution >= 4 is 5.71 Å². The molecule has 2 atom stereocenters. The molecule has 1 aromatic carbocycles. The van der Waals surface area contributed by atoms with Gasteiger partial charge in [-0.05, 0) is 5.56 Å². The Bertz CT molecular complexity index is 392. The molecular formula is C13H17NO2. The molecule has 0 radical (unpaired) electrons. The van der Waals surface area contributed by atoms with Crippen LogP contribution >= 0.6 is 0 Å². The molecule has 3 nitrogen and oxygen atoms in total. The molecule has 1 aromatic rings. The zero-order valence-electron chi connectivity index (χ0n) is 9.84. The fraction of sp³-hybridized carbons (Fsp3) is 0.462. The van der Waals surface area contributed by atoms with Gasteiger partial charge in [-0.25, -0.2) is 0 Å². The van der Waals surface area contributed by atoms with Crippen molar-refractivity contribution in [3.8, 4) is 0 Å². The molecule has 0 saturated heterocycles. The van der Waals surface area contributed by atoms with Crippen LogP contribution in [0.4, 0.5) is 0 Å². The molecule has 0 aliphatic carbocycles. The number of benzene rings is 1. The van der Waals surface area contributed by atoms with Crippen LogP contribution in [0.2, 0.25) is 0 Å². The second-order valence-electron chi connectivity index (χ2n) is 5.11. The lowest BCUT2D eigenvalue weighted by Gasteiger charge is -2.21. The zero-order valence-corrected chi connectivity index (χ0v) is 9.84. The number of nitrogens with zero attached hydrogens (tertiary/aromatic N) is 1. The van der Waals surface area contributed by atoms with Crippen LogP contribution in [-0.2, 0) is 4.84 Å². The second kappa shape index (κ2) is 3.91. The molecule has 0 unspecified atom stereocenters. The Hall–Kier alpha value is -1.35. The Kier molecular flexibility index (Phi) is 2.72. The Morgan fingerprint density at radius 1 is 1.19 bits per heavy atom. The number of hydrogen-bond acceptors (Lipinski definition) is 3. The van der Waals surface area contributed by atoms with Crippen molar-refractivity contribution in [1.29, 1.82) is 0 Å². The van der Waals surface area contributed by atoms with Crippen LogP contribution in [0.3, 0.4) is 0 Å². The molecule has 3 heteroatoms. The van der Waals surface area contributed by atoms with E-state index in [1.54, 1.807) is 0 Å². The monoisotopic (exact) mass is 219 g/mol. The average molecular weight is 219 g/mol. The number of aliphatic hydroxyl groups excluding tert-OH is 1. The summed E-state index contributed by atoms with van der Waals surface area (Å²) >= 11 is 0. The number of hydrogen-bond donors (Lipinski definition) is 1. The maximum Gasteiger partial charge on any atom is 0.183 e. The Morgan fingerprint density at radius 2 is 1.81 bits per heavy atom. The van der Waals surface area contributed by atoms with E-state index in [2.05, 4.69) is 5.16 Å². The first kappa shape index (κ1) is 11.1. The van der Waals surface area contributed by atoms with Crippen molar-refractivity contribution in [2.75, 3.05) is 0 Å². The van der Waals surface area contributed by atoms with Gasteiger partial charge in [0, 0.05) is 5.41 Å². The molecule has 1 aliphatic rings. The highest BCUT2D eigenvalue weighted by Gasteiger charge is 2.39. The Balaban J connectivity index is 2.21. The first-order valence-electron chi connectivity index (χ1n) is 5.47. The summed E-state index contributed by atoms with van der Waals surface area (Å²) in [6.45, 7) is 6.06. The molecular weight excluding hydrogens is 202 g/mol. The lowest BCUT2D eigenvalue weighted by molar-refractivity contribution is 0.0202. The summed E-state index contributed by atoms with van der Waals surface area (Å²) in [5.41, 5.74) is 1.50. The summed E-state index contributed by atoms with van der Waals surface area (Å²) < 4.78 is 0. The van der Waals surface area contributed by atoms with Gasteiger partial charge in [0.2, 0.25) is 0 Å². The van der Waals surface area contributed by atoms with Gasteiger partial charge in [-0.1, -0.05) is 56.3 Å². The van der Waals surface area contributed by atoms with Gasteiger partial charge in [0.05, 0.1) is 5.71 Å². The van der Waals surface area contributed by atoms with Crippen LogP contribution in [0.25, 0.3) is 0 Å². The summed E-state index contributed by atoms with van der Waals surface area (Å²) in [6.07, 6.45) is -1.02. The van der Waals surface area contributed by atoms with Gasteiger partial charge in [0.1, 0.15) is 6.10 Å². The van der Waals surface area contributed by atoms with E-state index in [0.717, 1.165) is 5.56 Å². The minimum atomic E-state index is -0.651. The van der Waals surface area contributed by atoms with Crippen LogP contribution < -0.4 is 0 Å². The van der Waals surface area contributed by atoms with Gasteiger partial charge in [-0.15, -0.1) is 0 Å². The summed E-state index contributed by atoms with van der Waals surface area (Å²) in [5.74, 6) is 0. The predicted molar refractivity (Wildman–Crippen MR) is 63.2 cm³/mol. The molecule has 0 aromatic heterocycles. The molecule has 86 valence electrons. The summed E-state index contributed by atoms with van der Waals surface area (Å²) in [4.78, 5) is 5.33. The lowest BCUT2D eigenvalue weighted by atomic mass is 9.84. The topological polar surface area (TPSA) is 41.8 Å². The summed E-state index contributed by atoms with van der Waals surface area (Å²) in [6, 6.07) is 9.68. The zero-order chi connectivity index (χ0) is 11.8. The largest absolute Gasteiger partial charge is 0.384 e. The lowest BCUT2D eigenvalue weighted by Crippen LogP contribution is -2.32. The van der Waals surface area contributed by atoms with E-state index >= 15 is 0 Å². The van der Waals surface area contributed by atoms with E-state index in [0.29, 0.717) is 5.71 Å². The van der Waals surface area contributed by atoms with Crippen LogP contribution in [0.15, 0.2) is 35.5 Å². The third-order valence-corrected chi connectivity index (χ3v) is 2.73. The van der Waals surface area contributed by atoms with Crippen LogP contribution in [0.5, 0.6) is 0 Å². The molecule has 0 amide bonds. The normalized spacial score (nSPS) is 25.1. The number of oxime groups is 1. The molecule has 2 rings (SSSR count).